The Balaban J connectivity index is 1.72. The van der Waals surface area contributed by atoms with Gasteiger partial charge in [0.05, 0.1) is 6.61 Å². The fourth-order valence-electron chi connectivity index (χ4n) is 2.39. The van der Waals surface area contributed by atoms with Crippen molar-refractivity contribution in [2.75, 3.05) is 13.2 Å². The standard InChI is InChI=1S/C15H19ClO2/c16-14-8-6-13(7-9-14)15(17)11-18-10-12-4-2-1-3-5-12/h6-9,12H,1-5,10-11H2. The molecule has 0 unspecified atom stereocenters. The second kappa shape index (κ2) is 6.91. The van der Waals surface area contributed by atoms with Crippen LogP contribution >= 0.6 is 11.6 Å². The first-order chi connectivity index (χ1) is 8.75. The second-order valence-electron chi connectivity index (χ2n) is 4.95. The van der Waals surface area contributed by atoms with Gasteiger partial charge >= 0.3 is 0 Å². The van der Waals surface area contributed by atoms with Crippen LogP contribution in [-0.2, 0) is 4.74 Å². The third kappa shape index (κ3) is 4.11. The number of hydrogen-bond donors (Lipinski definition) is 0. The normalized spacial score (nSPS) is 16.7. The molecule has 1 aromatic rings. The number of benzene rings is 1. The zero-order chi connectivity index (χ0) is 12.8. The predicted molar refractivity (Wildman–Crippen MR) is 73.2 cm³/mol. The topological polar surface area (TPSA) is 26.3 Å². The minimum Gasteiger partial charge on any atom is -0.373 e. The first-order valence-corrected chi connectivity index (χ1v) is 7.00. The van der Waals surface area contributed by atoms with Crippen molar-refractivity contribution in [3.8, 4) is 0 Å². The monoisotopic (exact) mass is 266 g/mol. The Bertz CT molecular complexity index is 380. The van der Waals surface area contributed by atoms with Crippen molar-refractivity contribution in [1.29, 1.82) is 0 Å². The number of carbonyl (C=O) groups excluding carboxylic acids is 1. The SMILES string of the molecule is O=C(COCC1CCCCC1)c1ccc(Cl)cc1. The van der Waals surface area contributed by atoms with Crippen molar-refractivity contribution < 1.29 is 9.53 Å². The lowest BCUT2D eigenvalue weighted by Crippen LogP contribution is -2.17. The van der Waals surface area contributed by atoms with Gasteiger partial charge in [0.25, 0.3) is 0 Å². The van der Waals surface area contributed by atoms with Gasteiger partial charge in [-0.2, -0.15) is 0 Å². The zero-order valence-corrected chi connectivity index (χ0v) is 11.3. The van der Waals surface area contributed by atoms with Crippen molar-refractivity contribution in [1.82, 2.24) is 0 Å². The molecule has 18 heavy (non-hydrogen) atoms. The van der Waals surface area contributed by atoms with Crippen LogP contribution in [0.1, 0.15) is 42.5 Å². The second-order valence-corrected chi connectivity index (χ2v) is 5.39. The summed E-state index contributed by atoms with van der Waals surface area (Å²) >= 11 is 5.78. The molecule has 0 bridgehead atoms. The van der Waals surface area contributed by atoms with Crippen LogP contribution in [0, 0.1) is 5.92 Å². The van der Waals surface area contributed by atoms with Crippen molar-refractivity contribution >= 4 is 17.4 Å². The first-order valence-electron chi connectivity index (χ1n) is 6.62. The number of halogens is 1. The molecule has 1 saturated carbocycles. The van der Waals surface area contributed by atoms with Crippen LogP contribution in [0.15, 0.2) is 24.3 Å². The third-order valence-corrected chi connectivity index (χ3v) is 3.73. The summed E-state index contributed by atoms with van der Waals surface area (Å²) < 4.78 is 5.54. The lowest BCUT2D eigenvalue weighted by molar-refractivity contribution is 0.0628. The maximum atomic E-state index is 11.8. The summed E-state index contributed by atoms with van der Waals surface area (Å²) in [4.78, 5) is 11.8. The largest absolute Gasteiger partial charge is 0.373 e. The summed E-state index contributed by atoms with van der Waals surface area (Å²) in [5, 5.41) is 0.648. The molecule has 1 aromatic carbocycles. The van der Waals surface area contributed by atoms with E-state index < -0.39 is 0 Å². The molecule has 0 heterocycles. The molecular formula is C15H19ClO2. The van der Waals surface area contributed by atoms with Gasteiger partial charge in [-0.05, 0) is 43.0 Å². The van der Waals surface area contributed by atoms with Gasteiger partial charge in [-0.25, -0.2) is 0 Å². The molecule has 3 heteroatoms. The quantitative estimate of drug-likeness (QED) is 0.750. The Morgan fingerprint density at radius 1 is 1.17 bits per heavy atom. The highest BCUT2D eigenvalue weighted by Crippen LogP contribution is 2.23. The fourth-order valence-corrected chi connectivity index (χ4v) is 2.52. The van der Waals surface area contributed by atoms with E-state index in [-0.39, 0.29) is 12.4 Å². The number of hydrogen-bond acceptors (Lipinski definition) is 2. The average molecular weight is 267 g/mol. The highest BCUT2D eigenvalue weighted by atomic mass is 35.5. The van der Waals surface area contributed by atoms with E-state index in [0.717, 1.165) is 6.61 Å². The Labute approximate surface area is 113 Å². The zero-order valence-electron chi connectivity index (χ0n) is 10.5. The van der Waals surface area contributed by atoms with E-state index in [4.69, 9.17) is 16.3 Å². The molecule has 0 aliphatic heterocycles. The van der Waals surface area contributed by atoms with E-state index in [1.165, 1.54) is 32.1 Å². The summed E-state index contributed by atoms with van der Waals surface area (Å²) in [7, 11) is 0. The van der Waals surface area contributed by atoms with Gasteiger partial charge in [0, 0.05) is 10.6 Å². The number of carbonyl (C=O) groups is 1. The van der Waals surface area contributed by atoms with Crippen LogP contribution in [-0.4, -0.2) is 19.0 Å². The van der Waals surface area contributed by atoms with E-state index in [0.29, 0.717) is 16.5 Å². The molecule has 0 atom stereocenters. The predicted octanol–water partition coefficient (Wildman–Crippen LogP) is 4.12. The van der Waals surface area contributed by atoms with E-state index in [1.807, 2.05) is 0 Å². The van der Waals surface area contributed by atoms with Crippen LogP contribution in [0.25, 0.3) is 0 Å². The van der Waals surface area contributed by atoms with E-state index in [1.54, 1.807) is 24.3 Å². The van der Waals surface area contributed by atoms with Crippen molar-refractivity contribution in [2.24, 2.45) is 5.92 Å². The molecule has 1 aliphatic carbocycles. The molecule has 0 spiro atoms. The minimum atomic E-state index is 0.0301. The maximum Gasteiger partial charge on any atom is 0.188 e. The van der Waals surface area contributed by atoms with Gasteiger partial charge < -0.3 is 4.74 Å². The molecular weight excluding hydrogens is 248 g/mol. The first kappa shape index (κ1) is 13.6. The summed E-state index contributed by atoms with van der Waals surface area (Å²) in [5.74, 6) is 0.680. The van der Waals surface area contributed by atoms with Crippen molar-refractivity contribution in [3.63, 3.8) is 0 Å². The van der Waals surface area contributed by atoms with Crippen LogP contribution in [0.2, 0.25) is 5.02 Å². The third-order valence-electron chi connectivity index (χ3n) is 3.48. The highest BCUT2D eigenvalue weighted by Gasteiger charge is 2.14. The highest BCUT2D eigenvalue weighted by molar-refractivity contribution is 6.30. The van der Waals surface area contributed by atoms with Gasteiger partial charge in [-0.15, -0.1) is 0 Å². The van der Waals surface area contributed by atoms with Gasteiger partial charge in [-0.1, -0.05) is 30.9 Å². The van der Waals surface area contributed by atoms with Crippen LogP contribution in [0.4, 0.5) is 0 Å². The van der Waals surface area contributed by atoms with Gasteiger partial charge in [0.1, 0.15) is 6.61 Å². The Morgan fingerprint density at radius 2 is 1.83 bits per heavy atom. The lowest BCUT2D eigenvalue weighted by atomic mass is 9.90. The molecule has 98 valence electrons. The summed E-state index contributed by atoms with van der Waals surface area (Å²) in [6.45, 7) is 0.900. The van der Waals surface area contributed by atoms with E-state index in [9.17, 15) is 4.79 Å². The van der Waals surface area contributed by atoms with Crippen LogP contribution < -0.4 is 0 Å². The molecule has 0 saturated heterocycles. The smallest absolute Gasteiger partial charge is 0.188 e. The van der Waals surface area contributed by atoms with Crippen molar-refractivity contribution in [2.45, 2.75) is 32.1 Å². The summed E-state index contributed by atoms with van der Waals surface area (Å²) in [5.41, 5.74) is 0.669. The molecule has 1 aliphatic rings. The molecule has 1 fully saturated rings. The Kier molecular flexibility index (Phi) is 5.21. The Morgan fingerprint density at radius 3 is 2.50 bits per heavy atom. The maximum absolute atomic E-state index is 11.8. The average Bonchev–Trinajstić information content (AvgIpc) is 2.40. The summed E-state index contributed by atoms with van der Waals surface area (Å²) in [6, 6.07) is 6.95. The molecule has 2 rings (SSSR count). The number of ketones is 1. The molecule has 0 aromatic heterocycles. The fraction of sp³-hybridized carbons (Fsp3) is 0.533. The molecule has 0 radical (unpaired) electrons. The summed E-state index contributed by atoms with van der Waals surface area (Å²) in [6.07, 6.45) is 6.45. The van der Waals surface area contributed by atoms with E-state index >= 15 is 0 Å². The van der Waals surface area contributed by atoms with Crippen LogP contribution in [0.5, 0.6) is 0 Å². The van der Waals surface area contributed by atoms with E-state index in [2.05, 4.69) is 0 Å². The van der Waals surface area contributed by atoms with Gasteiger partial charge in [0.2, 0.25) is 0 Å². The van der Waals surface area contributed by atoms with Gasteiger partial charge in [-0.3, -0.25) is 4.79 Å². The lowest BCUT2D eigenvalue weighted by Gasteiger charge is -2.21. The number of rotatable bonds is 5. The molecule has 2 nitrogen and oxygen atoms in total. The van der Waals surface area contributed by atoms with Crippen LogP contribution in [0.3, 0.4) is 0 Å². The minimum absolute atomic E-state index is 0.0301. The number of Topliss-reactive ketones (excluding diaryl/α,β-unsaturated/α-hetero) is 1. The van der Waals surface area contributed by atoms with Crippen molar-refractivity contribution in [3.05, 3.63) is 34.9 Å². The van der Waals surface area contributed by atoms with Gasteiger partial charge in [0.15, 0.2) is 5.78 Å². The molecule has 0 N–H and O–H groups in total. The molecule has 0 amide bonds. The Hall–Kier alpha value is -0.860. The number of ether oxygens (including phenoxy) is 1.